The van der Waals surface area contributed by atoms with Gasteiger partial charge in [-0.2, -0.15) is 5.10 Å². The predicted molar refractivity (Wildman–Crippen MR) is 147 cm³/mol. The van der Waals surface area contributed by atoms with E-state index in [-0.39, 0.29) is 29.1 Å². The van der Waals surface area contributed by atoms with Gasteiger partial charge >= 0.3 is 5.97 Å². The largest absolute Gasteiger partial charge is 0.462 e. The van der Waals surface area contributed by atoms with E-state index in [9.17, 15) is 9.18 Å². The maximum absolute atomic E-state index is 14.2. The maximum atomic E-state index is 14.2. The van der Waals surface area contributed by atoms with Crippen LogP contribution < -0.4 is 10.6 Å². The smallest absolute Gasteiger partial charge is 0.341 e. The number of nitrogens with one attached hydrogen (secondary N) is 2. The number of hydrogen-bond donors (Lipinski definition) is 2. The van der Waals surface area contributed by atoms with Crippen molar-refractivity contribution in [1.82, 2.24) is 9.78 Å². The Hall–Kier alpha value is -2.98. The number of thiocarbonyl (C=S) groups is 1. The van der Waals surface area contributed by atoms with Crippen LogP contribution in [0, 0.1) is 5.82 Å². The van der Waals surface area contributed by atoms with Gasteiger partial charge in [-0.05, 0) is 42.9 Å². The first-order valence-corrected chi connectivity index (χ1v) is 12.9. The molecule has 36 heavy (non-hydrogen) atoms. The molecule has 0 aliphatic heterocycles. The summed E-state index contributed by atoms with van der Waals surface area (Å²) in [4.78, 5) is 13.5. The van der Waals surface area contributed by atoms with Gasteiger partial charge in [0.15, 0.2) is 10.9 Å². The van der Waals surface area contributed by atoms with Crippen molar-refractivity contribution in [1.29, 1.82) is 0 Å². The summed E-state index contributed by atoms with van der Waals surface area (Å²) in [6.45, 7) is 2.10. The fraction of sp³-hybridized carbons (Fsp3) is 0.160. The number of hydrogen-bond acceptors (Lipinski definition) is 5. The van der Waals surface area contributed by atoms with E-state index in [1.54, 1.807) is 25.3 Å². The molecule has 11 heteroatoms. The van der Waals surface area contributed by atoms with E-state index in [1.165, 1.54) is 28.2 Å². The van der Waals surface area contributed by atoms with E-state index >= 15 is 0 Å². The van der Waals surface area contributed by atoms with Crippen LogP contribution in [0.1, 0.15) is 33.3 Å². The van der Waals surface area contributed by atoms with Crippen LogP contribution in [0.3, 0.4) is 0 Å². The van der Waals surface area contributed by atoms with Gasteiger partial charge in [0.1, 0.15) is 15.8 Å². The van der Waals surface area contributed by atoms with Gasteiger partial charge in [-0.1, -0.05) is 59.6 Å². The fourth-order valence-electron chi connectivity index (χ4n) is 3.43. The summed E-state index contributed by atoms with van der Waals surface area (Å²) >= 11 is 19.3. The SMILES string of the molecule is CCOC(=O)c1cc(Cc2ccccc2)sc1NC(=S)Nc1nn(Cc2c(F)cccc2Cl)cc1Cl. The highest BCUT2D eigenvalue weighted by atomic mass is 35.5. The molecule has 0 saturated carbocycles. The number of ether oxygens (including phenoxy) is 1. The molecule has 4 rings (SSSR count). The molecular formula is C25H21Cl2FN4O2S2. The van der Waals surface area contributed by atoms with Crippen molar-refractivity contribution in [3.63, 3.8) is 0 Å². The lowest BCUT2D eigenvalue weighted by atomic mass is 10.1. The van der Waals surface area contributed by atoms with Crippen LogP contribution in [0.25, 0.3) is 0 Å². The van der Waals surface area contributed by atoms with Crippen LogP contribution in [-0.2, 0) is 17.7 Å². The topological polar surface area (TPSA) is 68.2 Å². The predicted octanol–water partition coefficient (Wildman–Crippen LogP) is 7.02. The molecule has 0 aliphatic carbocycles. The van der Waals surface area contributed by atoms with E-state index < -0.39 is 11.8 Å². The van der Waals surface area contributed by atoms with Gasteiger partial charge in [0.2, 0.25) is 0 Å². The molecule has 186 valence electrons. The fourth-order valence-corrected chi connectivity index (χ4v) is 5.20. The van der Waals surface area contributed by atoms with Gasteiger partial charge in [-0.15, -0.1) is 11.3 Å². The third-order valence-corrected chi connectivity index (χ3v) is 6.94. The molecule has 4 aromatic rings. The van der Waals surface area contributed by atoms with Gasteiger partial charge < -0.3 is 15.4 Å². The summed E-state index contributed by atoms with van der Waals surface area (Å²) in [5.74, 6) is -0.598. The first kappa shape index (κ1) is 26.1. The molecule has 0 fully saturated rings. The lowest BCUT2D eigenvalue weighted by molar-refractivity contribution is 0.0528. The number of thiophene rings is 1. The summed E-state index contributed by atoms with van der Waals surface area (Å²) in [5.41, 5.74) is 1.81. The van der Waals surface area contributed by atoms with E-state index in [4.69, 9.17) is 40.2 Å². The summed E-state index contributed by atoms with van der Waals surface area (Å²) in [7, 11) is 0. The van der Waals surface area contributed by atoms with Gasteiger partial charge in [-0.3, -0.25) is 4.68 Å². The lowest BCUT2D eigenvalue weighted by Gasteiger charge is -2.09. The van der Waals surface area contributed by atoms with Crippen molar-refractivity contribution in [3.05, 3.63) is 98.2 Å². The Kier molecular flexibility index (Phi) is 8.58. The molecule has 6 nitrogen and oxygen atoms in total. The maximum Gasteiger partial charge on any atom is 0.341 e. The van der Waals surface area contributed by atoms with Gasteiger partial charge in [0.05, 0.1) is 18.7 Å². The van der Waals surface area contributed by atoms with Crippen molar-refractivity contribution in [2.75, 3.05) is 17.2 Å². The number of anilines is 2. The van der Waals surface area contributed by atoms with Crippen LogP contribution in [0.5, 0.6) is 0 Å². The van der Waals surface area contributed by atoms with Gasteiger partial charge in [0.25, 0.3) is 0 Å². The lowest BCUT2D eigenvalue weighted by Crippen LogP contribution is -2.20. The zero-order chi connectivity index (χ0) is 25.7. The van der Waals surface area contributed by atoms with E-state index in [2.05, 4.69) is 15.7 Å². The Bertz CT molecular complexity index is 1370. The van der Waals surface area contributed by atoms with Crippen LogP contribution in [0.4, 0.5) is 15.2 Å². The molecule has 0 atom stereocenters. The number of carbonyl (C=O) groups is 1. The van der Waals surface area contributed by atoms with Crippen molar-refractivity contribution in [2.45, 2.75) is 19.9 Å². The number of carbonyl (C=O) groups excluding carboxylic acids is 1. The van der Waals surface area contributed by atoms with Crippen LogP contribution in [0.15, 0.2) is 60.8 Å². The van der Waals surface area contributed by atoms with Crippen molar-refractivity contribution >= 4 is 68.7 Å². The summed E-state index contributed by atoms with van der Waals surface area (Å²) in [6, 6.07) is 16.2. The minimum atomic E-state index is -0.442. The van der Waals surface area contributed by atoms with Crippen molar-refractivity contribution < 1.29 is 13.9 Å². The molecule has 0 amide bonds. The average molecular weight is 564 g/mol. The number of halogens is 3. The van der Waals surface area contributed by atoms with Crippen molar-refractivity contribution in [3.8, 4) is 0 Å². The number of benzene rings is 2. The zero-order valence-corrected chi connectivity index (χ0v) is 22.2. The number of esters is 1. The third kappa shape index (κ3) is 6.41. The molecule has 2 N–H and O–H groups in total. The van der Waals surface area contributed by atoms with E-state index in [0.717, 1.165) is 10.4 Å². The molecule has 0 bridgehead atoms. The van der Waals surface area contributed by atoms with E-state index in [0.29, 0.717) is 27.6 Å². The monoisotopic (exact) mass is 562 g/mol. The number of nitrogens with zero attached hydrogens (tertiary/aromatic N) is 2. The Balaban J connectivity index is 1.49. The molecule has 2 aromatic carbocycles. The molecule has 0 saturated heterocycles. The summed E-state index contributed by atoms with van der Waals surface area (Å²) in [5, 5.41) is 11.7. The first-order chi connectivity index (χ1) is 17.3. The molecule has 0 radical (unpaired) electrons. The van der Waals surface area contributed by atoms with Crippen molar-refractivity contribution in [2.24, 2.45) is 0 Å². The first-order valence-electron chi connectivity index (χ1n) is 10.9. The number of rotatable bonds is 8. The second kappa shape index (κ2) is 11.8. The zero-order valence-electron chi connectivity index (χ0n) is 19.1. The Morgan fingerprint density at radius 1 is 1.14 bits per heavy atom. The average Bonchev–Trinajstić information content (AvgIpc) is 3.39. The molecule has 0 unspecified atom stereocenters. The molecule has 0 aliphatic rings. The number of aromatic nitrogens is 2. The van der Waals surface area contributed by atoms with Gasteiger partial charge in [0, 0.05) is 28.1 Å². The highest BCUT2D eigenvalue weighted by molar-refractivity contribution is 7.80. The van der Waals surface area contributed by atoms with E-state index in [1.807, 2.05) is 30.3 Å². The summed E-state index contributed by atoms with van der Waals surface area (Å²) in [6.07, 6.45) is 2.21. The Morgan fingerprint density at radius 2 is 1.92 bits per heavy atom. The second-order valence-corrected chi connectivity index (χ2v) is 10.0. The molecule has 2 aromatic heterocycles. The normalized spacial score (nSPS) is 10.8. The minimum Gasteiger partial charge on any atom is -0.462 e. The third-order valence-electron chi connectivity index (χ3n) is 5.06. The molecule has 2 heterocycles. The standard InChI is InChI=1S/C25H21Cl2FN4O2S2/c1-2-34-24(33)17-12-16(11-15-7-4-3-5-8-15)36-23(17)30-25(35)29-22-20(27)14-32(31-22)13-18-19(26)9-6-10-21(18)28/h3-10,12,14H,2,11,13H2,1H3,(H2,29,30,31,35). The molecule has 0 spiro atoms. The minimum absolute atomic E-state index is 0.0911. The van der Waals surface area contributed by atoms with Crippen LogP contribution >= 0.6 is 46.8 Å². The Morgan fingerprint density at radius 3 is 2.64 bits per heavy atom. The highest BCUT2D eigenvalue weighted by Gasteiger charge is 2.19. The quantitative estimate of drug-likeness (QED) is 0.178. The molecular weight excluding hydrogens is 542 g/mol. The summed E-state index contributed by atoms with van der Waals surface area (Å²) < 4.78 is 20.8. The van der Waals surface area contributed by atoms with Crippen LogP contribution in [0.2, 0.25) is 10.0 Å². The highest BCUT2D eigenvalue weighted by Crippen LogP contribution is 2.31. The van der Waals surface area contributed by atoms with Gasteiger partial charge in [-0.25, -0.2) is 9.18 Å². The van der Waals surface area contributed by atoms with Crippen LogP contribution in [-0.4, -0.2) is 27.5 Å². The second-order valence-electron chi connectivity index (χ2n) is 7.64. The Labute approximate surface area is 227 Å².